The van der Waals surface area contributed by atoms with Crippen LogP contribution in [0.2, 0.25) is 0 Å². The summed E-state index contributed by atoms with van der Waals surface area (Å²) in [6.45, 7) is 8.36. The largest absolute Gasteiger partial charge is 0.371 e. The van der Waals surface area contributed by atoms with Crippen molar-refractivity contribution in [3.63, 3.8) is 0 Å². The fraction of sp³-hybridized carbons (Fsp3) is 0.440. The van der Waals surface area contributed by atoms with E-state index in [4.69, 9.17) is 0 Å². The van der Waals surface area contributed by atoms with Crippen molar-refractivity contribution in [2.75, 3.05) is 35.3 Å². The number of carbonyl (C=O) groups excluding carboxylic acids is 2. The van der Waals surface area contributed by atoms with Crippen LogP contribution >= 0.6 is 0 Å². The second kappa shape index (κ2) is 8.35. The predicted octanol–water partition coefficient (Wildman–Crippen LogP) is 3.87. The third-order valence-electron chi connectivity index (χ3n) is 6.60. The lowest BCUT2D eigenvalue weighted by molar-refractivity contribution is -0.129. The Morgan fingerprint density at radius 1 is 1.06 bits per heavy atom. The van der Waals surface area contributed by atoms with Gasteiger partial charge in [0.25, 0.3) is 0 Å². The van der Waals surface area contributed by atoms with Gasteiger partial charge in [-0.05, 0) is 64.4 Å². The van der Waals surface area contributed by atoms with E-state index in [1.807, 2.05) is 38.2 Å². The maximum Gasteiger partial charge on any atom is 0.250 e. The van der Waals surface area contributed by atoms with Gasteiger partial charge >= 0.3 is 0 Å². The summed E-state index contributed by atoms with van der Waals surface area (Å²) in [6, 6.07) is 15.6. The zero-order valence-corrected chi connectivity index (χ0v) is 18.9. The summed E-state index contributed by atoms with van der Waals surface area (Å²) in [5, 5.41) is 2.93. The highest BCUT2D eigenvalue weighted by Gasteiger charge is 2.45. The summed E-state index contributed by atoms with van der Waals surface area (Å²) < 4.78 is 0. The molecular weight excluding hydrogens is 388 g/mol. The molecule has 0 radical (unpaired) electrons. The molecule has 0 spiro atoms. The highest BCUT2D eigenvalue weighted by molar-refractivity contribution is 6.15. The molecule has 31 heavy (non-hydrogen) atoms. The number of amides is 2. The normalized spacial score (nSPS) is 18.7. The SMILES string of the molecule is CC(C(=O)N1c2ccccc2NC(=O)C1(C)C)N(C)Cc1ccccc1N1CCCC1. The Kier molecular flexibility index (Phi) is 5.75. The topological polar surface area (TPSA) is 55.9 Å². The first-order valence-corrected chi connectivity index (χ1v) is 11.1. The molecule has 2 aromatic carbocycles. The van der Waals surface area contributed by atoms with Gasteiger partial charge in [-0.3, -0.25) is 19.4 Å². The van der Waals surface area contributed by atoms with Gasteiger partial charge in [0.15, 0.2) is 0 Å². The molecule has 2 aliphatic rings. The molecule has 2 amide bonds. The van der Waals surface area contributed by atoms with Crippen LogP contribution in [0.1, 0.15) is 39.2 Å². The van der Waals surface area contributed by atoms with Crippen molar-refractivity contribution < 1.29 is 9.59 Å². The minimum absolute atomic E-state index is 0.0755. The van der Waals surface area contributed by atoms with Crippen molar-refractivity contribution in [2.45, 2.75) is 51.7 Å². The molecule has 1 N–H and O–H groups in total. The Morgan fingerprint density at radius 3 is 2.39 bits per heavy atom. The van der Waals surface area contributed by atoms with E-state index < -0.39 is 5.54 Å². The average molecular weight is 421 g/mol. The highest BCUT2D eigenvalue weighted by atomic mass is 16.2. The lowest BCUT2D eigenvalue weighted by Gasteiger charge is -2.44. The fourth-order valence-corrected chi connectivity index (χ4v) is 4.54. The van der Waals surface area contributed by atoms with Gasteiger partial charge in [0, 0.05) is 25.3 Å². The summed E-state index contributed by atoms with van der Waals surface area (Å²) in [7, 11) is 1.98. The Morgan fingerprint density at radius 2 is 1.68 bits per heavy atom. The van der Waals surface area contributed by atoms with Gasteiger partial charge in [-0.1, -0.05) is 30.3 Å². The number of likely N-dealkylation sites (N-methyl/N-ethyl adjacent to an activating group) is 1. The number of hydrogen-bond acceptors (Lipinski definition) is 4. The third kappa shape index (κ3) is 3.92. The van der Waals surface area contributed by atoms with Crippen molar-refractivity contribution in [3.05, 3.63) is 54.1 Å². The van der Waals surface area contributed by atoms with E-state index in [9.17, 15) is 9.59 Å². The first kappa shape index (κ1) is 21.4. The van der Waals surface area contributed by atoms with Gasteiger partial charge in [-0.2, -0.15) is 0 Å². The number of anilines is 3. The first-order valence-electron chi connectivity index (χ1n) is 11.1. The molecule has 1 saturated heterocycles. The van der Waals surface area contributed by atoms with Crippen molar-refractivity contribution >= 4 is 28.9 Å². The number of fused-ring (bicyclic) bond motifs is 1. The molecule has 1 fully saturated rings. The van der Waals surface area contributed by atoms with Gasteiger partial charge in [0.05, 0.1) is 17.4 Å². The molecule has 4 rings (SSSR count). The van der Waals surface area contributed by atoms with Crippen molar-refractivity contribution in [2.24, 2.45) is 0 Å². The molecule has 0 aliphatic carbocycles. The van der Waals surface area contributed by atoms with Crippen LogP contribution in [0, 0.1) is 0 Å². The van der Waals surface area contributed by atoms with Crippen LogP contribution in [0.3, 0.4) is 0 Å². The van der Waals surface area contributed by atoms with Crippen LogP contribution in [-0.4, -0.2) is 48.4 Å². The van der Waals surface area contributed by atoms with Crippen LogP contribution in [-0.2, 0) is 16.1 Å². The Hall–Kier alpha value is -2.86. The van der Waals surface area contributed by atoms with Crippen LogP contribution in [0.4, 0.5) is 17.1 Å². The molecule has 1 atom stereocenters. The number of hydrogen-bond donors (Lipinski definition) is 1. The third-order valence-corrected chi connectivity index (χ3v) is 6.60. The van der Waals surface area contributed by atoms with Crippen LogP contribution < -0.4 is 15.1 Å². The zero-order chi connectivity index (χ0) is 22.2. The minimum atomic E-state index is -0.964. The molecule has 6 nitrogen and oxygen atoms in total. The molecule has 2 heterocycles. The predicted molar refractivity (Wildman–Crippen MR) is 125 cm³/mol. The lowest BCUT2D eigenvalue weighted by Crippen LogP contribution is -2.61. The fourth-order valence-electron chi connectivity index (χ4n) is 4.54. The number of rotatable bonds is 5. The number of benzene rings is 2. The maximum atomic E-state index is 13.7. The van der Waals surface area contributed by atoms with E-state index in [-0.39, 0.29) is 17.9 Å². The molecular formula is C25H32N4O2. The quantitative estimate of drug-likeness (QED) is 0.798. The monoisotopic (exact) mass is 420 g/mol. The summed E-state index contributed by atoms with van der Waals surface area (Å²) in [5.41, 5.74) is 2.94. The number of nitrogens with zero attached hydrogens (tertiary/aromatic N) is 3. The van der Waals surface area contributed by atoms with E-state index >= 15 is 0 Å². The average Bonchev–Trinajstić information content (AvgIpc) is 3.28. The molecule has 1 unspecified atom stereocenters. The summed E-state index contributed by atoms with van der Waals surface area (Å²) in [5.74, 6) is -0.248. The second-order valence-corrected chi connectivity index (χ2v) is 9.12. The van der Waals surface area contributed by atoms with Gasteiger partial charge in [-0.25, -0.2) is 0 Å². The molecule has 0 aromatic heterocycles. The number of para-hydroxylation sites is 3. The van der Waals surface area contributed by atoms with Crippen molar-refractivity contribution in [3.8, 4) is 0 Å². The summed E-state index contributed by atoms with van der Waals surface area (Å²) in [4.78, 5) is 32.6. The van der Waals surface area contributed by atoms with Crippen LogP contribution in [0.15, 0.2) is 48.5 Å². The van der Waals surface area contributed by atoms with Crippen LogP contribution in [0.5, 0.6) is 0 Å². The molecule has 2 aliphatic heterocycles. The molecule has 0 saturated carbocycles. The van der Waals surface area contributed by atoms with E-state index in [1.165, 1.54) is 24.1 Å². The van der Waals surface area contributed by atoms with E-state index in [0.29, 0.717) is 12.2 Å². The Balaban J connectivity index is 1.58. The molecule has 164 valence electrons. The van der Waals surface area contributed by atoms with E-state index in [0.717, 1.165) is 18.8 Å². The van der Waals surface area contributed by atoms with Gasteiger partial charge in [-0.15, -0.1) is 0 Å². The minimum Gasteiger partial charge on any atom is -0.371 e. The first-order chi connectivity index (χ1) is 14.8. The van der Waals surface area contributed by atoms with Gasteiger partial charge in [0.2, 0.25) is 11.8 Å². The highest BCUT2D eigenvalue weighted by Crippen LogP contribution is 2.37. The number of nitrogens with one attached hydrogen (secondary N) is 1. The second-order valence-electron chi connectivity index (χ2n) is 9.12. The summed E-state index contributed by atoms with van der Waals surface area (Å²) >= 11 is 0. The van der Waals surface area contributed by atoms with E-state index in [1.54, 1.807) is 18.7 Å². The lowest BCUT2D eigenvalue weighted by atomic mass is 9.95. The number of carbonyl (C=O) groups is 2. The molecule has 6 heteroatoms. The van der Waals surface area contributed by atoms with Crippen molar-refractivity contribution in [1.82, 2.24) is 4.90 Å². The van der Waals surface area contributed by atoms with Crippen molar-refractivity contribution in [1.29, 1.82) is 0 Å². The van der Waals surface area contributed by atoms with Crippen LogP contribution in [0.25, 0.3) is 0 Å². The maximum absolute atomic E-state index is 13.7. The molecule has 2 aromatic rings. The summed E-state index contributed by atoms with van der Waals surface area (Å²) in [6.07, 6.45) is 2.45. The smallest absolute Gasteiger partial charge is 0.250 e. The van der Waals surface area contributed by atoms with E-state index in [2.05, 4.69) is 39.4 Å². The Bertz CT molecular complexity index is 981. The zero-order valence-electron chi connectivity index (χ0n) is 18.9. The standard InChI is InChI=1S/C25H32N4O2/c1-18(27(4)17-19-11-5-7-13-21(19)28-15-9-10-16-28)23(30)29-22-14-8-6-12-20(22)26-24(31)25(29,2)3/h5-8,11-14,18H,9-10,15-17H2,1-4H3,(H,26,31). The van der Waals surface area contributed by atoms with Gasteiger partial charge < -0.3 is 10.2 Å². The van der Waals surface area contributed by atoms with Gasteiger partial charge in [0.1, 0.15) is 5.54 Å². The Labute approximate surface area is 184 Å². The molecule has 0 bridgehead atoms.